The minimum atomic E-state index is -0.230. The number of benzene rings is 1. The molecule has 1 unspecified atom stereocenters. The SMILES string of the molecule is Cc1ccc(OC(CN)c2ccco2)c(C)c1. The molecule has 2 N–H and O–H groups in total. The van der Waals surface area contributed by atoms with Crippen LogP contribution in [0.3, 0.4) is 0 Å². The van der Waals surface area contributed by atoms with E-state index in [0.717, 1.165) is 17.1 Å². The molecule has 0 saturated carbocycles. The Kier molecular flexibility index (Phi) is 3.49. The Morgan fingerprint density at radius 3 is 2.71 bits per heavy atom. The van der Waals surface area contributed by atoms with Crippen molar-refractivity contribution in [2.45, 2.75) is 20.0 Å². The van der Waals surface area contributed by atoms with Crippen molar-refractivity contribution in [2.24, 2.45) is 5.73 Å². The first-order chi connectivity index (χ1) is 8.20. The van der Waals surface area contributed by atoms with Crippen LogP contribution in [0.25, 0.3) is 0 Å². The highest BCUT2D eigenvalue weighted by Gasteiger charge is 2.15. The van der Waals surface area contributed by atoms with Crippen LogP contribution in [0.4, 0.5) is 0 Å². The van der Waals surface area contributed by atoms with Crippen molar-refractivity contribution < 1.29 is 9.15 Å². The molecule has 1 heterocycles. The smallest absolute Gasteiger partial charge is 0.168 e. The predicted octanol–water partition coefficient (Wildman–Crippen LogP) is 2.98. The second-order valence-electron chi connectivity index (χ2n) is 4.13. The number of hydrogen-bond donors (Lipinski definition) is 1. The molecular weight excluding hydrogens is 214 g/mol. The Morgan fingerprint density at radius 1 is 1.29 bits per heavy atom. The van der Waals surface area contributed by atoms with Crippen LogP contribution in [0.2, 0.25) is 0 Å². The first kappa shape index (κ1) is 11.7. The summed E-state index contributed by atoms with van der Waals surface area (Å²) in [5.41, 5.74) is 8.03. The minimum Gasteiger partial charge on any atom is -0.481 e. The van der Waals surface area contributed by atoms with Crippen molar-refractivity contribution in [1.29, 1.82) is 0 Å². The van der Waals surface area contributed by atoms with E-state index in [1.54, 1.807) is 6.26 Å². The molecule has 2 aromatic rings. The molecule has 0 radical (unpaired) electrons. The van der Waals surface area contributed by atoms with E-state index in [9.17, 15) is 0 Å². The summed E-state index contributed by atoms with van der Waals surface area (Å²) in [7, 11) is 0. The summed E-state index contributed by atoms with van der Waals surface area (Å²) in [5, 5.41) is 0. The molecule has 0 aliphatic rings. The lowest BCUT2D eigenvalue weighted by Gasteiger charge is -2.17. The van der Waals surface area contributed by atoms with Crippen LogP contribution in [-0.2, 0) is 0 Å². The average molecular weight is 231 g/mol. The Labute approximate surface area is 101 Å². The number of aryl methyl sites for hydroxylation is 2. The standard InChI is InChI=1S/C14H17NO2/c1-10-5-6-12(11(2)8-10)17-14(9-15)13-4-3-7-16-13/h3-8,14H,9,15H2,1-2H3. The maximum Gasteiger partial charge on any atom is 0.168 e. The Balaban J connectivity index is 2.19. The largest absolute Gasteiger partial charge is 0.481 e. The number of furan rings is 1. The van der Waals surface area contributed by atoms with Crippen molar-refractivity contribution in [3.63, 3.8) is 0 Å². The molecule has 17 heavy (non-hydrogen) atoms. The molecule has 2 rings (SSSR count). The lowest BCUT2D eigenvalue weighted by Crippen LogP contribution is -2.18. The summed E-state index contributed by atoms with van der Waals surface area (Å²) < 4.78 is 11.2. The van der Waals surface area contributed by atoms with Crippen LogP contribution in [0.15, 0.2) is 41.0 Å². The fourth-order valence-corrected chi connectivity index (χ4v) is 1.78. The lowest BCUT2D eigenvalue weighted by atomic mass is 10.1. The highest BCUT2D eigenvalue weighted by molar-refractivity contribution is 5.36. The van der Waals surface area contributed by atoms with Gasteiger partial charge in [0.2, 0.25) is 0 Å². The molecule has 1 aromatic carbocycles. The fourth-order valence-electron chi connectivity index (χ4n) is 1.78. The summed E-state index contributed by atoms with van der Waals surface area (Å²) in [6.45, 7) is 4.47. The second-order valence-corrected chi connectivity index (χ2v) is 4.13. The van der Waals surface area contributed by atoms with Crippen molar-refractivity contribution in [1.82, 2.24) is 0 Å². The van der Waals surface area contributed by atoms with E-state index in [-0.39, 0.29) is 6.10 Å². The van der Waals surface area contributed by atoms with Gasteiger partial charge in [-0.2, -0.15) is 0 Å². The highest BCUT2D eigenvalue weighted by atomic mass is 16.5. The molecule has 1 aromatic heterocycles. The summed E-state index contributed by atoms with van der Waals surface area (Å²) in [6, 6.07) is 9.80. The summed E-state index contributed by atoms with van der Waals surface area (Å²) >= 11 is 0. The zero-order valence-corrected chi connectivity index (χ0v) is 10.1. The van der Waals surface area contributed by atoms with Gasteiger partial charge in [0.1, 0.15) is 11.5 Å². The van der Waals surface area contributed by atoms with Crippen LogP contribution in [0.5, 0.6) is 5.75 Å². The third-order valence-corrected chi connectivity index (χ3v) is 2.67. The molecule has 90 valence electrons. The molecule has 0 spiro atoms. The van der Waals surface area contributed by atoms with Crippen LogP contribution >= 0.6 is 0 Å². The van der Waals surface area contributed by atoms with Crippen molar-refractivity contribution in [2.75, 3.05) is 6.54 Å². The molecular formula is C14H17NO2. The van der Waals surface area contributed by atoms with Gasteiger partial charge in [0.05, 0.1) is 6.26 Å². The van der Waals surface area contributed by atoms with E-state index in [1.807, 2.05) is 31.2 Å². The first-order valence-corrected chi connectivity index (χ1v) is 5.68. The number of nitrogens with two attached hydrogens (primary N) is 1. The topological polar surface area (TPSA) is 48.4 Å². The maximum atomic E-state index is 5.88. The summed E-state index contributed by atoms with van der Waals surface area (Å²) in [6.07, 6.45) is 1.40. The van der Waals surface area contributed by atoms with E-state index in [2.05, 4.69) is 13.0 Å². The molecule has 3 heteroatoms. The molecule has 0 amide bonds. The molecule has 0 fully saturated rings. The molecule has 0 aliphatic heterocycles. The van der Waals surface area contributed by atoms with Gasteiger partial charge in [0, 0.05) is 6.54 Å². The zero-order chi connectivity index (χ0) is 12.3. The Morgan fingerprint density at radius 2 is 2.12 bits per heavy atom. The quantitative estimate of drug-likeness (QED) is 0.880. The molecule has 0 saturated heterocycles. The van der Waals surface area contributed by atoms with Crippen molar-refractivity contribution in [3.8, 4) is 5.75 Å². The van der Waals surface area contributed by atoms with E-state index >= 15 is 0 Å². The van der Waals surface area contributed by atoms with Gasteiger partial charge in [-0.05, 0) is 37.6 Å². The van der Waals surface area contributed by atoms with Gasteiger partial charge in [-0.3, -0.25) is 0 Å². The number of ether oxygens (including phenoxy) is 1. The van der Waals surface area contributed by atoms with Gasteiger partial charge in [0.25, 0.3) is 0 Å². The van der Waals surface area contributed by atoms with Gasteiger partial charge < -0.3 is 14.9 Å². The first-order valence-electron chi connectivity index (χ1n) is 5.68. The van der Waals surface area contributed by atoms with Gasteiger partial charge in [-0.1, -0.05) is 17.7 Å². The number of rotatable bonds is 4. The van der Waals surface area contributed by atoms with Crippen molar-refractivity contribution >= 4 is 0 Å². The monoisotopic (exact) mass is 231 g/mol. The fraction of sp³-hybridized carbons (Fsp3) is 0.286. The van der Waals surface area contributed by atoms with Crippen molar-refractivity contribution in [3.05, 3.63) is 53.5 Å². The van der Waals surface area contributed by atoms with E-state index < -0.39 is 0 Å². The highest BCUT2D eigenvalue weighted by Crippen LogP contribution is 2.25. The molecule has 1 atom stereocenters. The third-order valence-electron chi connectivity index (χ3n) is 2.67. The normalized spacial score (nSPS) is 12.4. The summed E-state index contributed by atoms with van der Waals surface area (Å²) in [4.78, 5) is 0. The van der Waals surface area contributed by atoms with Crippen LogP contribution in [0, 0.1) is 13.8 Å². The van der Waals surface area contributed by atoms with Gasteiger partial charge in [-0.15, -0.1) is 0 Å². The Bertz CT molecular complexity index is 477. The molecule has 0 bridgehead atoms. The number of hydrogen-bond acceptors (Lipinski definition) is 3. The summed E-state index contributed by atoms with van der Waals surface area (Å²) in [5.74, 6) is 1.61. The van der Waals surface area contributed by atoms with Crippen LogP contribution < -0.4 is 10.5 Å². The predicted molar refractivity (Wildman–Crippen MR) is 67.0 cm³/mol. The van der Waals surface area contributed by atoms with Gasteiger partial charge >= 0.3 is 0 Å². The van der Waals surface area contributed by atoms with E-state index in [4.69, 9.17) is 14.9 Å². The Hall–Kier alpha value is -1.74. The van der Waals surface area contributed by atoms with Gasteiger partial charge in [-0.25, -0.2) is 0 Å². The maximum absolute atomic E-state index is 5.88. The average Bonchev–Trinajstić information content (AvgIpc) is 2.81. The van der Waals surface area contributed by atoms with Crippen LogP contribution in [-0.4, -0.2) is 6.54 Å². The minimum absolute atomic E-state index is 0.230. The second kappa shape index (κ2) is 5.06. The van der Waals surface area contributed by atoms with Gasteiger partial charge in [0.15, 0.2) is 6.10 Å². The van der Waals surface area contributed by atoms with Crippen LogP contribution in [0.1, 0.15) is 23.0 Å². The zero-order valence-electron chi connectivity index (χ0n) is 10.1. The lowest BCUT2D eigenvalue weighted by molar-refractivity contribution is 0.183. The molecule has 0 aliphatic carbocycles. The van der Waals surface area contributed by atoms with E-state index in [0.29, 0.717) is 6.54 Å². The van der Waals surface area contributed by atoms with E-state index in [1.165, 1.54) is 5.56 Å². The molecule has 3 nitrogen and oxygen atoms in total. The third kappa shape index (κ3) is 2.68.